The molecule has 0 saturated carbocycles. The number of carbonyl (C=O) groups is 2. The molecule has 6 nitrogen and oxygen atoms in total. The quantitative estimate of drug-likeness (QED) is 0.817. The van der Waals surface area contributed by atoms with Gasteiger partial charge in [0.2, 0.25) is 5.91 Å². The minimum atomic E-state index is -0.972. The minimum absolute atomic E-state index is 0.122. The summed E-state index contributed by atoms with van der Waals surface area (Å²) in [5.41, 5.74) is 0.0402. The molecule has 0 radical (unpaired) electrons. The van der Waals surface area contributed by atoms with Gasteiger partial charge in [-0.1, -0.05) is 25.2 Å². The van der Waals surface area contributed by atoms with E-state index >= 15 is 0 Å². The number of halogens is 1. The molecule has 0 aliphatic rings. The van der Waals surface area contributed by atoms with Gasteiger partial charge in [-0.25, -0.2) is 9.37 Å². The molecule has 8 heteroatoms. The molecule has 0 fully saturated rings. The van der Waals surface area contributed by atoms with Crippen LogP contribution in [0.2, 0.25) is 0 Å². The number of nitrogens with one attached hydrogen (secondary N) is 1. The maximum absolute atomic E-state index is 13.0. The third kappa shape index (κ3) is 4.61. The Morgan fingerprint density at radius 1 is 1.36 bits per heavy atom. The Morgan fingerprint density at radius 2 is 2.00 bits per heavy atom. The third-order valence-corrected chi connectivity index (χ3v) is 4.52. The van der Waals surface area contributed by atoms with Crippen LogP contribution in [0.4, 0.5) is 9.52 Å². The number of thiazole rings is 1. The number of nitrogens with zero attached hydrogens (tertiary/aromatic N) is 2. The van der Waals surface area contributed by atoms with Gasteiger partial charge in [0.1, 0.15) is 22.5 Å². The van der Waals surface area contributed by atoms with Gasteiger partial charge >= 0.3 is 5.97 Å². The number of carbonyl (C=O) groups excluding carboxylic acids is 1. The molecule has 1 heterocycles. The van der Waals surface area contributed by atoms with E-state index in [1.54, 1.807) is 13.8 Å². The van der Waals surface area contributed by atoms with Crippen LogP contribution in [0.5, 0.6) is 0 Å². The van der Waals surface area contributed by atoms with Crippen molar-refractivity contribution in [2.45, 2.75) is 26.7 Å². The molecule has 1 amide bonds. The molecule has 0 saturated heterocycles. The Morgan fingerprint density at radius 3 is 2.56 bits per heavy atom. The number of aliphatic carboxylic acids is 1. The van der Waals surface area contributed by atoms with Gasteiger partial charge in [0, 0.05) is 17.4 Å². The highest BCUT2D eigenvalue weighted by atomic mass is 32.1. The first kappa shape index (κ1) is 18.5. The van der Waals surface area contributed by atoms with Crippen molar-refractivity contribution < 1.29 is 19.1 Å². The molecule has 0 atom stereocenters. The number of rotatable bonds is 6. The standard InChI is InChI=1S/C17H16FN3O3S/c1-17(2,8-7-13(22)23)15(24)21-16-20-14(12(9-19)25-16)10-3-5-11(18)6-4-10/h3-6H,7-8H2,1-2H3,(H,22,23)(H,20,21,24). The lowest BCUT2D eigenvalue weighted by molar-refractivity contribution is -0.138. The summed E-state index contributed by atoms with van der Waals surface area (Å²) in [6.45, 7) is 3.29. The van der Waals surface area contributed by atoms with E-state index < -0.39 is 17.2 Å². The molecule has 1 aromatic heterocycles. The lowest BCUT2D eigenvalue weighted by Gasteiger charge is -2.21. The predicted octanol–water partition coefficient (Wildman–Crippen LogP) is 3.65. The molecular weight excluding hydrogens is 345 g/mol. The SMILES string of the molecule is CC(C)(CCC(=O)O)C(=O)Nc1nc(-c2ccc(F)cc2)c(C#N)s1. The van der Waals surface area contributed by atoms with Gasteiger partial charge < -0.3 is 10.4 Å². The molecule has 0 aliphatic carbocycles. The molecule has 0 spiro atoms. The fourth-order valence-corrected chi connectivity index (χ4v) is 2.83. The molecule has 2 N–H and O–H groups in total. The predicted molar refractivity (Wildman–Crippen MR) is 91.5 cm³/mol. The summed E-state index contributed by atoms with van der Waals surface area (Å²) < 4.78 is 13.0. The zero-order valence-corrected chi connectivity index (χ0v) is 14.5. The van der Waals surface area contributed by atoms with E-state index in [9.17, 15) is 19.2 Å². The molecule has 0 bridgehead atoms. The van der Waals surface area contributed by atoms with Gasteiger partial charge in [0.25, 0.3) is 0 Å². The van der Waals surface area contributed by atoms with Crippen molar-refractivity contribution in [3.63, 3.8) is 0 Å². The Bertz CT molecular complexity index is 838. The lowest BCUT2D eigenvalue weighted by atomic mass is 9.87. The van der Waals surface area contributed by atoms with E-state index in [0.29, 0.717) is 16.1 Å². The van der Waals surface area contributed by atoms with Crippen molar-refractivity contribution in [3.8, 4) is 17.3 Å². The lowest BCUT2D eigenvalue weighted by Crippen LogP contribution is -2.31. The Labute approximate surface area is 147 Å². The van der Waals surface area contributed by atoms with Gasteiger partial charge in [-0.2, -0.15) is 5.26 Å². The minimum Gasteiger partial charge on any atom is -0.481 e. The maximum Gasteiger partial charge on any atom is 0.303 e. The molecule has 25 heavy (non-hydrogen) atoms. The largest absolute Gasteiger partial charge is 0.481 e. The summed E-state index contributed by atoms with van der Waals surface area (Å²) in [5, 5.41) is 20.9. The van der Waals surface area contributed by atoms with Crippen LogP contribution in [0.15, 0.2) is 24.3 Å². The fraction of sp³-hybridized carbons (Fsp3) is 0.294. The van der Waals surface area contributed by atoms with Crippen LogP contribution in [0.25, 0.3) is 11.3 Å². The van der Waals surface area contributed by atoms with Crippen molar-refractivity contribution in [1.82, 2.24) is 4.98 Å². The van der Waals surface area contributed by atoms with Crippen LogP contribution in [0.1, 0.15) is 31.6 Å². The van der Waals surface area contributed by atoms with Crippen LogP contribution in [-0.4, -0.2) is 22.0 Å². The van der Waals surface area contributed by atoms with Crippen molar-refractivity contribution in [2.75, 3.05) is 5.32 Å². The van der Waals surface area contributed by atoms with E-state index in [-0.39, 0.29) is 23.9 Å². The van der Waals surface area contributed by atoms with Crippen molar-refractivity contribution in [3.05, 3.63) is 35.0 Å². The molecular formula is C17H16FN3O3S. The number of carboxylic acid groups (broad SMARTS) is 1. The van der Waals surface area contributed by atoms with Crippen molar-refractivity contribution >= 4 is 28.3 Å². The third-order valence-electron chi connectivity index (χ3n) is 3.65. The van der Waals surface area contributed by atoms with Crippen LogP contribution in [-0.2, 0) is 9.59 Å². The van der Waals surface area contributed by atoms with Gasteiger partial charge in [0.15, 0.2) is 5.13 Å². The summed E-state index contributed by atoms with van der Waals surface area (Å²) in [5.74, 6) is -1.75. The second kappa shape index (κ2) is 7.40. The summed E-state index contributed by atoms with van der Waals surface area (Å²) in [7, 11) is 0. The second-order valence-electron chi connectivity index (χ2n) is 6.05. The normalized spacial score (nSPS) is 11.0. The second-order valence-corrected chi connectivity index (χ2v) is 7.05. The van der Waals surface area contributed by atoms with Gasteiger partial charge in [-0.3, -0.25) is 9.59 Å². The number of nitriles is 1. The average molecular weight is 361 g/mol. The number of hydrogen-bond donors (Lipinski definition) is 2. The highest BCUT2D eigenvalue weighted by Gasteiger charge is 2.29. The Kier molecular flexibility index (Phi) is 5.49. The fourth-order valence-electron chi connectivity index (χ4n) is 2.05. The number of amides is 1. The average Bonchev–Trinajstić information content (AvgIpc) is 2.96. The van der Waals surface area contributed by atoms with Gasteiger partial charge in [-0.15, -0.1) is 0 Å². The maximum atomic E-state index is 13.0. The van der Waals surface area contributed by atoms with Crippen LogP contribution < -0.4 is 5.32 Å². The van der Waals surface area contributed by atoms with Crippen LogP contribution in [0, 0.1) is 22.6 Å². The zero-order valence-electron chi connectivity index (χ0n) is 13.7. The first-order chi connectivity index (χ1) is 11.7. The summed E-state index contributed by atoms with van der Waals surface area (Å²) in [4.78, 5) is 27.6. The van der Waals surface area contributed by atoms with E-state index in [1.807, 2.05) is 6.07 Å². The summed E-state index contributed by atoms with van der Waals surface area (Å²) >= 11 is 1.01. The first-order valence-corrected chi connectivity index (χ1v) is 8.24. The van der Waals surface area contributed by atoms with Crippen LogP contribution in [0.3, 0.4) is 0 Å². The summed E-state index contributed by atoms with van der Waals surface area (Å²) in [6.07, 6.45) is 0.0536. The molecule has 130 valence electrons. The molecule has 2 aromatic rings. The van der Waals surface area contributed by atoms with Crippen molar-refractivity contribution in [1.29, 1.82) is 5.26 Å². The van der Waals surface area contributed by atoms with E-state index in [1.165, 1.54) is 24.3 Å². The van der Waals surface area contributed by atoms with E-state index in [2.05, 4.69) is 10.3 Å². The summed E-state index contributed by atoms with van der Waals surface area (Å²) in [6, 6.07) is 7.56. The van der Waals surface area contributed by atoms with Gasteiger partial charge in [-0.05, 0) is 30.7 Å². The molecule has 0 aliphatic heterocycles. The smallest absolute Gasteiger partial charge is 0.303 e. The van der Waals surface area contributed by atoms with Gasteiger partial charge in [0.05, 0.1) is 0 Å². The Balaban J connectivity index is 2.21. The monoisotopic (exact) mass is 361 g/mol. The highest BCUT2D eigenvalue weighted by Crippen LogP contribution is 2.32. The number of hydrogen-bond acceptors (Lipinski definition) is 5. The number of carboxylic acids is 1. The number of aromatic nitrogens is 1. The highest BCUT2D eigenvalue weighted by molar-refractivity contribution is 7.16. The van der Waals surface area contributed by atoms with E-state index in [4.69, 9.17) is 5.11 Å². The Hall–Kier alpha value is -2.79. The van der Waals surface area contributed by atoms with Crippen LogP contribution >= 0.6 is 11.3 Å². The topological polar surface area (TPSA) is 103 Å². The number of benzene rings is 1. The zero-order chi connectivity index (χ0) is 18.6. The first-order valence-electron chi connectivity index (χ1n) is 7.43. The molecule has 2 rings (SSSR count). The van der Waals surface area contributed by atoms with E-state index in [0.717, 1.165) is 11.3 Å². The van der Waals surface area contributed by atoms with Crippen molar-refractivity contribution in [2.24, 2.45) is 5.41 Å². The molecule has 1 aromatic carbocycles. The molecule has 0 unspecified atom stereocenters. The number of anilines is 1.